The molecule has 1 aromatic heterocycles. The van der Waals surface area contributed by atoms with E-state index in [0.29, 0.717) is 6.04 Å². The predicted molar refractivity (Wildman–Crippen MR) is 51.3 cm³/mol. The van der Waals surface area contributed by atoms with Crippen LogP contribution in [0.1, 0.15) is 37.2 Å². The molecule has 0 amide bonds. The molecule has 3 heteroatoms. The van der Waals surface area contributed by atoms with Crippen molar-refractivity contribution in [3.05, 3.63) is 23.8 Å². The Hall–Kier alpha value is -0.960. The van der Waals surface area contributed by atoms with Crippen molar-refractivity contribution in [2.45, 2.75) is 38.8 Å². The van der Waals surface area contributed by atoms with Gasteiger partial charge in [-0.15, -0.1) is 0 Å². The summed E-state index contributed by atoms with van der Waals surface area (Å²) in [4.78, 5) is 8.56. The van der Waals surface area contributed by atoms with Crippen LogP contribution in [0.4, 0.5) is 0 Å². The van der Waals surface area contributed by atoms with Crippen LogP contribution in [0.25, 0.3) is 0 Å². The number of hydrogen-bond donors (Lipinski definition) is 1. The lowest BCUT2D eigenvalue weighted by molar-refractivity contribution is 0.552. The average molecular weight is 177 g/mol. The molecular formula is C10H15N3. The van der Waals surface area contributed by atoms with Gasteiger partial charge in [-0.2, -0.15) is 0 Å². The Morgan fingerprint density at radius 2 is 2.08 bits per heavy atom. The zero-order valence-electron chi connectivity index (χ0n) is 8.12. The average Bonchev–Trinajstić information content (AvgIpc) is 2.89. The maximum absolute atomic E-state index is 4.33. The first-order valence-corrected chi connectivity index (χ1v) is 4.81. The molecule has 1 fully saturated rings. The van der Waals surface area contributed by atoms with Crippen LogP contribution in [0.15, 0.2) is 12.4 Å². The van der Waals surface area contributed by atoms with Gasteiger partial charge < -0.3 is 5.32 Å². The van der Waals surface area contributed by atoms with Gasteiger partial charge >= 0.3 is 0 Å². The van der Waals surface area contributed by atoms with Crippen molar-refractivity contribution in [3.8, 4) is 0 Å². The number of nitrogens with one attached hydrogen (secondary N) is 1. The third-order valence-corrected chi connectivity index (χ3v) is 2.39. The van der Waals surface area contributed by atoms with Gasteiger partial charge in [0.05, 0.1) is 11.4 Å². The molecule has 1 heterocycles. The molecule has 0 aliphatic heterocycles. The zero-order chi connectivity index (χ0) is 9.26. The van der Waals surface area contributed by atoms with Crippen molar-refractivity contribution >= 4 is 0 Å². The molecule has 3 nitrogen and oxygen atoms in total. The first-order chi connectivity index (χ1) is 6.27. The SMILES string of the molecule is Cc1nccnc1C(C)NC1CC1. The number of aryl methyl sites for hydroxylation is 1. The molecule has 1 aliphatic rings. The van der Waals surface area contributed by atoms with Crippen LogP contribution in [0.3, 0.4) is 0 Å². The first kappa shape index (κ1) is 8.63. The maximum atomic E-state index is 4.33. The number of rotatable bonds is 3. The smallest absolute Gasteiger partial charge is 0.0782 e. The van der Waals surface area contributed by atoms with Crippen molar-refractivity contribution in [1.29, 1.82) is 0 Å². The van der Waals surface area contributed by atoms with E-state index < -0.39 is 0 Å². The molecule has 13 heavy (non-hydrogen) atoms. The van der Waals surface area contributed by atoms with Gasteiger partial charge in [-0.05, 0) is 26.7 Å². The van der Waals surface area contributed by atoms with Crippen molar-refractivity contribution < 1.29 is 0 Å². The minimum absolute atomic E-state index is 0.334. The topological polar surface area (TPSA) is 37.8 Å². The lowest BCUT2D eigenvalue weighted by Gasteiger charge is -2.13. The Kier molecular flexibility index (Phi) is 2.27. The van der Waals surface area contributed by atoms with E-state index in [0.717, 1.165) is 17.4 Å². The van der Waals surface area contributed by atoms with Crippen LogP contribution < -0.4 is 5.32 Å². The van der Waals surface area contributed by atoms with Gasteiger partial charge in [-0.1, -0.05) is 0 Å². The highest BCUT2D eigenvalue weighted by Crippen LogP contribution is 2.23. The summed E-state index contributed by atoms with van der Waals surface area (Å²) in [6.45, 7) is 4.16. The highest BCUT2D eigenvalue weighted by atomic mass is 15.0. The summed E-state index contributed by atoms with van der Waals surface area (Å²) in [5.41, 5.74) is 2.11. The third kappa shape index (κ3) is 2.04. The molecule has 70 valence electrons. The van der Waals surface area contributed by atoms with E-state index >= 15 is 0 Å². The Morgan fingerprint density at radius 3 is 2.69 bits per heavy atom. The van der Waals surface area contributed by atoms with E-state index in [1.165, 1.54) is 12.8 Å². The molecule has 1 aliphatic carbocycles. The van der Waals surface area contributed by atoms with Gasteiger partial charge in [-0.3, -0.25) is 9.97 Å². The fourth-order valence-corrected chi connectivity index (χ4v) is 1.53. The number of hydrogen-bond acceptors (Lipinski definition) is 3. The van der Waals surface area contributed by atoms with Crippen molar-refractivity contribution in [1.82, 2.24) is 15.3 Å². The third-order valence-electron chi connectivity index (χ3n) is 2.39. The van der Waals surface area contributed by atoms with E-state index in [-0.39, 0.29) is 0 Å². The van der Waals surface area contributed by atoms with Gasteiger partial charge in [0.2, 0.25) is 0 Å². The van der Waals surface area contributed by atoms with Crippen molar-refractivity contribution in [3.63, 3.8) is 0 Å². The Balaban J connectivity index is 2.09. The van der Waals surface area contributed by atoms with E-state index in [1.54, 1.807) is 12.4 Å². The molecule has 0 radical (unpaired) electrons. The summed E-state index contributed by atoms with van der Waals surface area (Å²) >= 11 is 0. The van der Waals surface area contributed by atoms with Crippen LogP contribution in [0.5, 0.6) is 0 Å². The summed E-state index contributed by atoms with van der Waals surface area (Å²) in [5, 5.41) is 3.51. The molecule has 0 bridgehead atoms. The maximum Gasteiger partial charge on any atom is 0.0782 e. The molecule has 1 saturated carbocycles. The zero-order valence-corrected chi connectivity index (χ0v) is 8.12. The van der Waals surface area contributed by atoms with Crippen LogP contribution in [-0.2, 0) is 0 Å². The molecule has 1 atom stereocenters. The van der Waals surface area contributed by atoms with E-state index in [4.69, 9.17) is 0 Å². The second kappa shape index (κ2) is 3.42. The first-order valence-electron chi connectivity index (χ1n) is 4.81. The van der Waals surface area contributed by atoms with Crippen LogP contribution in [0.2, 0.25) is 0 Å². The van der Waals surface area contributed by atoms with E-state index in [2.05, 4.69) is 22.2 Å². The second-order valence-electron chi connectivity index (χ2n) is 3.69. The summed E-state index contributed by atoms with van der Waals surface area (Å²) in [7, 11) is 0. The molecule has 2 rings (SSSR count). The molecule has 1 unspecified atom stereocenters. The lowest BCUT2D eigenvalue weighted by atomic mass is 10.2. The predicted octanol–water partition coefficient (Wildman–Crippen LogP) is 1.60. The van der Waals surface area contributed by atoms with Crippen molar-refractivity contribution in [2.75, 3.05) is 0 Å². The van der Waals surface area contributed by atoms with Crippen LogP contribution in [0, 0.1) is 6.92 Å². The molecule has 1 aromatic rings. The van der Waals surface area contributed by atoms with E-state index in [1.807, 2.05) is 6.92 Å². The summed E-state index contributed by atoms with van der Waals surface area (Å²) < 4.78 is 0. The van der Waals surface area contributed by atoms with Crippen LogP contribution >= 0.6 is 0 Å². The van der Waals surface area contributed by atoms with Gasteiger partial charge in [0.15, 0.2) is 0 Å². The standard InChI is InChI=1S/C10H15N3/c1-7-10(12-6-5-11-7)8(2)13-9-3-4-9/h5-6,8-9,13H,3-4H2,1-2H3. The number of nitrogens with zero attached hydrogens (tertiary/aromatic N) is 2. The van der Waals surface area contributed by atoms with E-state index in [9.17, 15) is 0 Å². The Bertz CT molecular complexity index is 294. The van der Waals surface area contributed by atoms with Gasteiger partial charge in [0.25, 0.3) is 0 Å². The van der Waals surface area contributed by atoms with Crippen LogP contribution in [-0.4, -0.2) is 16.0 Å². The Labute approximate surface area is 78.6 Å². The molecular weight excluding hydrogens is 162 g/mol. The van der Waals surface area contributed by atoms with Gasteiger partial charge in [0, 0.05) is 24.5 Å². The summed E-state index contributed by atoms with van der Waals surface area (Å²) in [6.07, 6.45) is 6.11. The van der Waals surface area contributed by atoms with Gasteiger partial charge in [0.1, 0.15) is 0 Å². The minimum atomic E-state index is 0.334. The number of aromatic nitrogens is 2. The molecule has 0 spiro atoms. The molecule has 0 aromatic carbocycles. The molecule has 0 saturated heterocycles. The highest BCUT2D eigenvalue weighted by Gasteiger charge is 2.24. The largest absolute Gasteiger partial charge is 0.306 e. The fourth-order valence-electron chi connectivity index (χ4n) is 1.53. The minimum Gasteiger partial charge on any atom is -0.306 e. The molecule has 1 N–H and O–H groups in total. The second-order valence-corrected chi connectivity index (χ2v) is 3.69. The highest BCUT2D eigenvalue weighted by molar-refractivity contribution is 5.13. The van der Waals surface area contributed by atoms with Gasteiger partial charge in [-0.25, -0.2) is 0 Å². The fraction of sp³-hybridized carbons (Fsp3) is 0.600. The Morgan fingerprint density at radius 1 is 1.38 bits per heavy atom. The monoisotopic (exact) mass is 177 g/mol. The van der Waals surface area contributed by atoms with Crippen molar-refractivity contribution in [2.24, 2.45) is 0 Å². The lowest BCUT2D eigenvalue weighted by Crippen LogP contribution is -2.22. The normalized spacial score (nSPS) is 18.6. The summed E-state index contributed by atoms with van der Waals surface area (Å²) in [5.74, 6) is 0. The quantitative estimate of drug-likeness (QED) is 0.762. The summed E-state index contributed by atoms with van der Waals surface area (Å²) in [6, 6.07) is 1.05.